The maximum absolute atomic E-state index is 12.0. The first-order chi connectivity index (χ1) is 12.5. The minimum atomic E-state index is -0.657. The van der Waals surface area contributed by atoms with Crippen LogP contribution in [0, 0.1) is 13.8 Å². The van der Waals surface area contributed by atoms with Gasteiger partial charge in [0.2, 0.25) is 5.89 Å². The lowest BCUT2D eigenvalue weighted by atomic mass is 10.1. The van der Waals surface area contributed by atoms with Crippen molar-refractivity contribution in [1.29, 1.82) is 0 Å². The molecule has 0 aliphatic rings. The monoisotopic (exact) mass is 352 g/mol. The van der Waals surface area contributed by atoms with Gasteiger partial charge in [-0.1, -0.05) is 35.9 Å². The predicted molar refractivity (Wildman–Crippen MR) is 95.7 cm³/mol. The van der Waals surface area contributed by atoms with Gasteiger partial charge < -0.3 is 13.9 Å². The number of nitrogens with zero attached hydrogens (tertiary/aromatic N) is 2. The zero-order valence-electron chi connectivity index (χ0n) is 14.9. The van der Waals surface area contributed by atoms with E-state index in [4.69, 9.17) is 13.9 Å². The van der Waals surface area contributed by atoms with Crippen LogP contribution in [0.15, 0.2) is 52.9 Å². The number of hydrogen-bond acceptors (Lipinski definition) is 6. The molecule has 0 amide bonds. The Kier molecular flexibility index (Phi) is 5.31. The van der Waals surface area contributed by atoms with Crippen LogP contribution in [0.2, 0.25) is 0 Å². The summed E-state index contributed by atoms with van der Waals surface area (Å²) in [7, 11) is 0. The maximum Gasteiger partial charge on any atom is 0.344 e. The Hall–Kier alpha value is -3.15. The number of benzene rings is 2. The van der Waals surface area contributed by atoms with Crippen LogP contribution in [-0.2, 0) is 9.53 Å². The second-order valence-corrected chi connectivity index (χ2v) is 6.00. The van der Waals surface area contributed by atoms with Crippen LogP contribution in [-0.4, -0.2) is 22.8 Å². The summed E-state index contributed by atoms with van der Waals surface area (Å²) in [4.78, 5) is 12.0. The summed E-state index contributed by atoms with van der Waals surface area (Å²) in [5, 5.41) is 7.94. The standard InChI is InChI=1S/C20H20N2O4/c1-13-9-10-17(14(2)11-13)24-12-18(23)25-15(3)19-21-22-20(26-19)16-7-5-4-6-8-16/h4-11,15H,12H2,1-3H3/t15-/m1/s1. The molecule has 0 aliphatic heterocycles. The lowest BCUT2D eigenvalue weighted by Crippen LogP contribution is -2.17. The summed E-state index contributed by atoms with van der Waals surface area (Å²) in [6.07, 6.45) is -0.657. The molecule has 6 nitrogen and oxygen atoms in total. The van der Waals surface area contributed by atoms with Gasteiger partial charge in [0, 0.05) is 5.56 Å². The lowest BCUT2D eigenvalue weighted by molar-refractivity contribution is -0.152. The molecule has 0 radical (unpaired) electrons. The Labute approximate surface area is 151 Å². The fraction of sp³-hybridized carbons (Fsp3) is 0.250. The fourth-order valence-corrected chi connectivity index (χ4v) is 2.48. The molecule has 0 N–H and O–H groups in total. The van der Waals surface area contributed by atoms with Crippen molar-refractivity contribution in [3.8, 4) is 17.2 Å². The van der Waals surface area contributed by atoms with Gasteiger partial charge in [-0.05, 0) is 44.5 Å². The summed E-state index contributed by atoms with van der Waals surface area (Å²) >= 11 is 0. The van der Waals surface area contributed by atoms with Crippen LogP contribution in [0.1, 0.15) is 30.0 Å². The molecule has 6 heteroatoms. The van der Waals surface area contributed by atoms with Crippen LogP contribution in [0.3, 0.4) is 0 Å². The number of rotatable bonds is 6. The molecule has 0 aliphatic carbocycles. The highest BCUT2D eigenvalue weighted by Crippen LogP contribution is 2.22. The topological polar surface area (TPSA) is 74.5 Å². The molecule has 1 aromatic heterocycles. The molecule has 0 fully saturated rings. The first kappa shape index (κ1) is 17.7. The highest BCUT2D eigenvalue weighted by atomic mass is 16.6. The summed E-state index contributed by atoms with van der Waals surface area (Å²) in [6, 6.07) is 15.2. The summed E-state index contributed by atoms with van der Waals surface area (Å²) in [6.45, 7) is 5.42. The number of carbonyl (C=O) groups is 1. The van der Waals surface area contributed by atoms with Crippen LogP contribution in [0.4, 0.5) is 0 Å². The van der Waals surface area contributed by atoms with Crippen molar-refractivity contribution in [2.45, 2.75) is 26.9 Å². The van der Waals surface area contributed by atoms with E-state index in [2.05, 4.69) is 10.2 Å². The van der Waals surface area contributed by atoms with Crippen molar-refractivity contribution < 1.29 is 18.7 Å². The number of ether oxygens (including phenoxy) is 2. The number of aryl methyl sites for hydroxylation is 2. The van der Waals surface area contributed by atoms with E-state index >= 15 is 0 Å². The summed E-state index contributed by atoms with van der Waals surface area (Å²) < 4.78 is 16.4. The molecular formula is C20H20N2O4. The zero-order chi connectivity index (χ0) is 18.5. The van der Waals surface area contributed by atoms with Gasteiger partial charge in [-0.15, -0.1) is 10.2 Å². The Morgan fingerprint density at radius 3 is 2.62 bits per heavy atom. The molecule has 0 bridgehead atoms. The van der Waals surface area contributed by atoms with Crippen molar-refractivity contribution >= 4 is 5.97 Å². The van der Waals surface area contributed by atoms with Crippen LogP contribution in [0.25, 0.3) is 11.5 Å². The fourth-order valence-electron chi connectivity index (χ4n) is 2.48. The van der Waals surface area contributed by atoms with Gasteiger partial charge in [0.15, 0.2) is 12.7 Å². The van der Waals surface area contributed by atoms with Crippen molar-refractivity contribution in [3.63, 3.8) is 0 Å². The molecule has 0 saturated carbocycles. The SMILES string of the molecule is Cc1ccc(OCC(=O)O[C@H](C)c2nnc(-c3ccccc3)o2)c(C)c1. The first-order valence-electron chi connectivity index (χ1n) is 8.31. The Balaban J connectivity index is 1.57. The van der Waals surface area contributed by atoms with Crippen molar-refractivity contribution in [3.05, 3.63) is 65.5 Å². The molecule has 134 valence electrons. The summed E-state index contributed by atoms with van der Waals surface area (Å²) in [5.74, 6) is 0.778. The lowest BCUT2D eigenvalue weighted by Gasteiger charge is -2.12. The minimum Gasteiger partial charge on any atom is -0.482 e. The van der Waals surface area contributed by atoms with E-state index in [0.29, 0.717) is 11.6 Å². The summed E-state index contributed by atoms with van der Waals surface area (Å²) in [5.41, 5.74) is 2.91. The Bertz CT molecular complexity index is 890. The van der Waals surface area contributed by atoms with E-state index in [1.165, 1.54) is 0 Å². The van der Waals surface area contributed by atoms with E-state index in [-0.39, 0.29) is 12.5 Å². The molecule has 0 spiro atoms. The molecular weight excluding hydrogens is 332 g/mol. The molecule has 1 atom stereocenters. The highest BCUT2D eigenvalue weighted by molar-refractivity contribution is 5.71. The zero-order valence-corrected chi connectivity index (χ0v) is 14.9. The van der Waals surface area contributed by atoms with Crippen LogP contribution in [0.5, 0.6) is 5.75 Å². The normalized spacial score (nSPS) is 11.8. The third-order valence-corrected chi connectivity index (χ3v) is 3.79. The van der Waals surface area contributed by atoms with Crippen molar-refractivity contribution in [2.75, 3.05) is 6.61 Å². The Morgan fingerprint density at radius 1 is 1.12 bits per heavy atom. The molecule has 2 aromatic carbocycles. The molecule has 26 heavy (non-hydrogen) atoms. The molecule has 0 saturated heterocycles. The van der Waals surface area contributed by atoms with Gasteiger partial charge in [0.1, 0.15) is 5.75 Å². The first-order valence-corrected chi connectivity index (χ1v) is 8.31. The Morgan fingerprint density at radius 2 is 1.88 bits per heavy atom. The number of esters is 1. The predicted octanol–water partition coefficient (Wildman–Crippen LogP) is 4.04. The second-order valence-electron chi connectivity index (χ2n) is 6.00. The van der Waals surface area contributed by atoms with Gasteiger partial charge >= 0.3 is 5.97 Å². The van der Waals surface area contributed by atoms with E-state index in [1.807, 2.05) is 62.4 Å². The van der Waals surface area contributed by atoms with Gasteiger partial charge in [-0.3, -0.25) is 0 Å². The van der Waals surface area contributed by atoms with Gasteiger partial charge in [-0.2, -0.15) is 0 Å². The molecule has 1 heterocycles. The van der Waals surface area contributed by atoms with Gasteiger partial charge in [0.05, 0.1) is 0 Å². The van der Waals surface area contributed by atoms with E-state index < -0.39 is 12.1 Å². The van der Waals surface area contributed by atoms with E-state index in [9.17, 15) is 4.79 Å². The average molecular weight is 352 g/mol. The molecule has 0 unspecified atom stereocenters. The smallest absolute Gasteiger partial charge is 0.344 e. The highest BCUT2D eigenvalue weighted by Gasteiger charge is 2.19. The molecule has 3 aromatic rings. The van der Waals surface area contributed by atoms with E-state index in [0.717, 1.165) is 16.7 Å². The van der Waals surface area contributed by atoms with Gasteiger partial charge in [-0.25, -0.2) is 4.79 Å². The number of aromatic nitrogens is 2. The van der Waals surface area contributed by atoms with Gasteiger partial charge in [0.25, 0.3) is 5.89 Å². The van der Waals surface area contributed by atoms with Crippen molar-refractivity contribution in [2.24, 2.45) is 0 Å². The van der Waals surface area contributed by atoms with Crippen molar-refractivity contribution in [1.82, 2.24) is 10.2 Å². The average Bonchev–Trinajstić information content (AvgIpc) is 3.12. The van der Waals surface area contributed by atoms with Crippen LogP contribution < -0.4 is 4.74 Å². The number of hydrogen-bond donors (Lipinski definition) is 0. The molecule has 3 rings (SSSR count). The second kappa shape index (κ2) is 7.82. The largest absolute Gasteiger partial charge is 0.482 e. The maximum atomic E-state index is 12.0. The number of carbonyl (C=O) groups excluding carboxylic acids is 1. The third kappa shape index (κ3) is 4.27. The third-order valence-electron chi connectivity index (χ3n) is 3.79. The van der Waals surface area contributed by atoms with E-state index in [1.54, 1.807) is 6.92 Å². The minimum absolute atomic E-state index is 0.187. The van der Waals surface area contributed by atoms with Crippen LogP contribution >= 0.6 is 0 Å². The quantitative estimate of drug-likeness (QED) is 0.623.